The van der Waals surface area contributed by atoms with Crippen LogP contribution in [-0.2, 0) is 15.0 Å². The minimum absolute atomic E-state index is 0.236. The van der Waals surface area contributed by atoms with Gasteiger partial charge in [0.2, 0.25) is 11.8 Å². The number of aromatic nitrogens is 1. The number of pyridine rings is 1. The van der Waals surface area contributed by atoms with E-state index in [-0.39, 0.29) is 17.7 Å². The quantitative estimate of drug-likeness (QED) is 0.200. The first-order chi connectivity index (χ1) is 20.6. The predicted octanol–water partition coefficient (Wildman–Crippen LogP) is 4.84. The number of carbonyl (C=O) groups is 3. The van der Waals surface area contributed by atoms with E-state index in [0.29, 0.717) is 23.6 Å². The molecule has 2 heterocycles. The molecule has 1 fully saturated rings. The minimum atomic E-state index is -1.07. The first kappa shape index (κ1) is 25.8. The molecule has 0 unspecified atom stereocenters. The smallest absolute Gasteiger partial charge is 0.271 e. The summed E-state index contributed by atoms with van der Waals surface area (Å²) >= 11 is 0. The van der Waals surface area contributed by atoms with Crippen LogP contribution in [0.5, 0.6) is 5.75 Å². The molecule has 1 aromatic heterocycles. The van der Waals surface area contributed by atoms with Crippen LogP contribution in [-0.4, -0.2) is 35.5 Å². The van der Waals surface area contributed by atoms with E-state index in [2.05, 4.69) is 15.5 Å². The number of amides is 3. The molecule has 8 nitrogen and oxygen atoms in total. The van der Waals surface area contributed by atoms with E-state index >= 15 is 0 Å². The van der Waals surface area contributed by atoms with Crippen molar-refractivity contribution in [2.75, 3.05) is 11.5 Å². The van der Waals surface area contributed by atoms with Crippen LogP contribution < -0.4 is 15.1 Å². The molecule has 3 amide bonds. The van der Waals surface area contributed by atoms with Crippen molar-refractivity contribution in [3.63, 3.8) is 0 Å². The number of nitrogens with zero attached hydrogens (tertiary/aromatic N) is 3. The molecule has 2 atom stereocenters. The minimum Gasteiger partial charge on any atom is -0.494 e. The van der Waals surface area contributed by atoms with Crippen molar-refractivity contribution in [2.45, 2.75) is 24.7 Å². The maximum absolute atomic E-state index is 14.5. The van der Waals surface area contributed by atoms with Crippen LogP contribution >= 0.6 is 0 Å². The molecule has 8 heteroatoms. The summed E-state index contributed by atoms with van der Waals surface area (Å²) in [5.41, 5.74) is 6.32. The topological polar surface area (TPSA) is 101 Å². The maximum atomic E-state index is 14.5. The van der Waals surface area contributed by atoms with Gasteiger partial charge in [-0.25, -0.2) is 10.3 Å². The van der Waals surface area contributed by atoms with Crippen molar-refractivity contribution in [2.24, 2.45) is 16.9 Å². The number of hydrogen-bond acceptors (Lipinski definition) is 6. The zero-order valence-corrected chi connectivity index (χ0v) is 22.9. The summed E-state index contributed by atoms with van der Waals surface area (Å²) in [6.07, 6.45) is 5.61. The Morgan fingerprint density at radius 3 is 2.21 bits per heavy atom. The van der Waals surface area contributed by atoms with Gasteiger partial charge < -0.3 is 4.74 Å². The predicted molar refractivity (Wildman–Crippen MR) is 157 cm³/mol. The number of rotatable bonds is 7. The zero-order chi connectivity index (χ0) is 28.8. The van der Waals surface area contributed by atoms with Crippen LogP contribution in [0.25, 0.3) is 0 Å². The second kappa shape index (κ2) is 10.1. The number of nitrogens with one attached hydrogen (secondary N) is 1. The van der Waals surface area contributed by atoms with Gasteiger partial charge in [-0.05, 0) is 65.1 Å². The maximum Gasteiger partial charge on any atom is 0.271 e. The second-order valence-electron chi connectivity index (χ2n) is 10.8. The summed E-state index contributed by atoms with van der Waals surface area (Å²) in [5, 5.41) is 4.45. The lowest BCUT2D eigenvalue weighted by Gasteiger charge is -2.52. The van der Waals surface area contributed by atoms with E-state index in [4.69, 9.17) is 4.74 Å². The highest BCUT2D eigenvalue weighted by Crippen LogP contribution is 2.63. The molecule has 0 spiro atoms. The van der Waals surface area contributed by atoms with Crippen molar-refractivity contribution < 1.29 is 19.1 Å². The van der Waals surface area contributed by atoms with Gasteiger partial charge in [-0.15, -0.1) is 0 Å². The molecule has 3 aliphatic carbocycles. The summed E-state index contributed by atoms with van der Waals surface area (Å²) in [4.78, 5) is 46.9. The number of anilines is 1. The van der Waals surface area contributed by atoms with Crippen LogP contribution in [0.2, 0.25) is 0 Å². The Kier molecular flexibility index (Phi) is 6.19. The molecule has 0 saturated carbocycles. The summed E-state index contributed by atoms with van der Waals surface area (Å²) in [5.74, 6) is -1.87. The van der Waals surface area contributed by atoms with E-state index in [1.165, 1.54) is 17.3 Å². The van der Waals surface area contributed by atoms with E-state index in [9.17, 15) is 14.4 Å². The molecule has 1 N–H and O–H groups in total. The van der Waals surface area contributed by atoms with E-state index < -0.39 is 23.2 Å². The normalized spacial score (nSPS) is 23.5. The number of hydrogen-bond donors (Lipinski definition) is 1. The van der Waals surface area contributed by atoms with E-state index in [1.54, 1.807) is 42.6 Å². The Morgan fingerprint density at radius 2 is 1.57 bits per heavy atom. The lowest BCUT2D eigenvalue weighted by Crippen LogP contribution is -2.54. The first-order valence-electron chi connectivity index (χ1n) is 14.1. The van der Waals surface area contributed by atoms with Crippen molar-refractivity contribution in [1.82, 2.24) is 10.4 Å². The molecule has 1 saturated heterocycles. The highest BCUT2D eigenvalue weighted by atomic mass is 16.5. The van der Waals surface area contributed by atoms with Crippen LogP contribution in [0.3, 0.4) is 0 Å². The molecule has 42 heavy (non-hydrogen) atoms. The summed E-state index contributed by atoms with van der Waals surface area (Å²) in [7, 11) is 0. The largest absolute Gasteiger partial charge is 0.494 e. The molecular formula is C34H28N4O4. The third-order valence-electron chi connectivity index (χ3n) is 8.63. The highest BCUT2D eigenvalue weighted by Gasteiger charge is 2.68. The third kappa shape index (κ3) is 3.71. The Balaban J connectivity index is 1.35. The lowest BCUT2D eigenvalue weighted by molar-refractivity contribution is -0.122. The van der Waals surface area contributed by atoms with Crippen LogP contribution in [0.4, 0.5) is 5.69 Å². The number of imide groups is 1. The summed E-state index contributed by atoms with van der Waals surface area (Å²) < 4.78 is 5.72. The second-order valence-corrected chi connectivity index (χ2v) is 10.8. The van der Waals surface area contributed by atoms with Gasteiger partial charge in [0.25, 0.3) is 5.91 Å². The first-order valence-corrected chi connectivity index (χ1v) is 14.1. The monoisotopic (exact) mass is 556 g/mol. The SMILES string of the molecule is CCCOc1ccc(N2C(=O)[C@H]3C4c5ccccc5C(/C=N\NC(=O)c5ccncc5)(c5ccccc54)[C@H]3C2=O)cc1. The molecule has 4 aliphatic rings. The summed E-state index contributed by atoms with van der Waals surface area (Å²) in [6.45, 7) is 2.62. The number of benzene rings is 3. The molecule has 1 aliphatic heterocycles. The number of hydrazone groups is 1. The molecule has 0 radical (unpaired) electrons. The molecule has 8 rings (SSSR count). The van der Waals surface area contributed by atoms with Crippen LogP contribution in [0, 0.1) is 11.8 Å². The Hall–Kier alpha value is -5.11. The van der Waals surface area contributed by atoms with Gasteiger partial charge in [0.05, 0.1) is 29.5 Å². The van der Waals surface area contributed by atoms with Gasteiger partial charge in [-0.2, -0.15) is 5.10 Å². The Labute approximate surface area is 243 Å². The molecular weight excluding hydrogens is 528 g/mol. The van der Waals surface area contributed by atoms with Gasteiger partial charge in [0, 0.05) is 30.1 Å². The third-order valence-corrected chi connectivity index (χ3v) is 8.63. The van der Waals surface area contributed by atoms with Crippen LogP contribution in [0.15, 0.2) is 102 Å². The highest BCUT2D eigenvalue weighted by molar-refractivity contribution is 6.25. The van der Waals surface area contributed by atoms with Gasteiger partial charge in [-0.3, -0.25) is 19.4 Å². The van der Waals surface area contributed by atoms with E-state index in [0.717, 1.165) is 28.7 Å². The molecule has 2 bridgehead atoms. The molecule has 4 aromatic rings. The van der Waals surface area contributed by atoms with Crippen molar-refractivity contribution in [1.29, 1.82) is 0 Å². The standard InChI is InChI=1S/C34H28N4O4/c1-2-19-42-23-13-11-22(12-14-23)38-32(40)29-28-24-7-3-5-9-26(24)34(30(29)33(38)41,27-10-6-4-8-25(27)28)20-36-37-31(39)21-15-17-35-18-16-21/h3-18,20,28-30H,2,19H2,1H3,(H,37,39)/b36-20-/t28?,29-,30+,34?/m0/s1. The molecule has 208 valence electrons. The fraction of sp³-hybridized carbons (Fsp3) is 0.206. The average Bonchev–Trinajstić information content (AvgIpc) is 3.31. The fourth-order valence-electron chi connectivity index (χ4n) is 6.98. The van der Waals surface area contributed by atoms with Crippen LogP contribution in [0.1, 0.15) is 51.9 Å². The summed E-state index contributed by atoms with van der Waals surface area (Å²) in [6, 6.07) is 26.2. The van der Waals surface area contributed by atoms with Gasteiger partial charge >= 0.3 is 0 Å². The van der Waals surface area contributed by atoms with Gasteiger partial charge in [0.15, 0.2) is 0 Å². The van der Waals surface area contributed by atoms with Crippen molar-refractivity contribution >= 4 is 29.6 Å². The zero-order valence-electron chi connectivity index (χ0n) is 22.9. The number of ether oxygens (including phenoxy) is 1. The lowest BCUT2D eigenvalue weighted by atomic mass is 9.47. The Morgan fingerprint density at radius 1 is 0.929 bits per heavy atom. The van der Waals surface area contributed by atoms with Crippen molar-refractivity contribution in [3.05, 3.63) is 125 Å². The Bertz CT molecular complexity index is 1690. The van der Waals surface area contributed by atoms with Gasteiger partial charge in [0.1, 0.15) is 5.75 Å². The molecule has 3 aromatic carbocycles. The van der Waals surface area contributed by atoms with Gasteiger partial charge in [-0.1, -0.05) is 55.5 Å². The van der Waals surface area contributed by atoms with E-state index in [1.807, 2.05) is 55.5 Å². The fourth-order valence-corrected chi connectivity index (χ4v) is 6.98. The number of carbonyl (C=O) groups excluding carboxylic acids is 3. The van der Waals surface area contributed by atoms with Crippen molar-refractivity contribution in [3.8, 4) is 5.75 Å². The average molecular weight is 557 g/mol.